The van der Waals surface area contributed by atoms with Crippen LogP contribution >= 0.6 is 0 Å². The Morgan fingerprint density at radius 2 is 2.05 bits per heavy atom. The van der Waals surface area contributed by atoms with Crippen molar-refractivity contribution in [2.45, 2.75) is 19.3 Å². The van der Waals surface area contributed by atoms with Gasteiger partial charge in [0.2, 0.25) is 5.91 Å². The highest BCUT2D eigenvalue weighted by molar-refractivity contribution is 5.95. The zero-order chi connectivity index (χ0) is 14.4. The number of hydrogen-bond acceptors (Lipinski definition) is 3. The number of amides is 1. The first kappa shape index (κ1) is 14.7. The number of carbonyl (C=O) groups is 2. The van der Waals surface area contributed by atoms with Gasteiger partial charge in [0.1, 0.15) is 5.82 Å². The topological polar surface area (TPSA) is 49.4 Å². The molecule has 5 heteroatoms. The van der Waals surface area contributed by atoms with E-state index in [1.165, 1.54) is 24.3 Å². The lowest BCUT2D eigenvalue weighted by molar-refractivity contribution is -0.121. The second kappa shape index (κ2) is 7.14. The Kier molecular flexibility index (Phi) is 5.24. The molecule has 1 aliphatic rings. The lowest BCUT2D eigenvalue weighted by Crippen LogP contribution is -2.33. The summed E-state index contributed by atoms with van der Waals surface area (Å²) in [5, 5.41) is 2.82. The van der Waals surface area contributed by atoms with Gasteiger partial charge in [-0.2, -0.15) is 0 Å². The van der Waals surface area contributed by atoms with E-state index in [1.807, 2.05) is 0 Å². The summed E-state index contributed by atoms with van der Waals surface area (Å²) in [5.74, 6) is -0.270. The number of carbonyl (C=O) groups excluding carboxylic acids is 2. The van der Waals surface area contributed by atoms with Gasteiger partial charge in [0.15, 0.2) is 5.78 Å². The molecule has 2 rings (SSSR count). The maximum atomic E-state index is 12.8. The molecule has 0 atom stereocenters. The fourth-order valence-corrected chi connectivity index (χ4v) is 2.30. The molecule has 1 heterocycles. The Morgan fingerprint density at radius 3 is 2.80 bits per heavy atom. The molecule has 1 amide bonds. The second-order valence-corrected chi connectivity index (χ2v) is 5.01. The van der Waals surface area contributed by atoms with E-state index in [4.69, 9.17) is 0 Å². The highest BCUT2D eigenvalue weighted by atomic mass is 19.1. The Labute approximate surface area is 118 Å². The number of Topliss-reactive ketones (excluding diaryl/α,β-unsaturated/α-hetero) is 1. The lowest BCUT2D eigenvalue weighted by atomic mass is 10.1. The summed E-state index contributed by atoms with van der Waals surface area (Å²) in [5.41, 5.74) is 0.542. The number of nitrogens with one attached hydrogen (secondary N) is 1. The first-order valence-electron chi connectivity index (χ1n) is 6.93. The first-order valence-corrected chi connectivity index (χ1v) is 6.93. The van der Waals surface area contributed by atoms with Crippen molar-refractivity contribution in [3.8, 4) is 0 Å². The van der Waals surface area contributed by atoms with Gasteiger partial charge in [-0.1, -0.05) is 0 Å². The smallest absolute Gasteiger partial charge is 0.234 e. The maximum absolute atomic E-state index is 12.8. The summed E-state index contributed by atoms with van der Waals surface area (Å²) in [6, 6.07) is 5.62. The summed E-state index contributed by atoms with van der Waals surface area (Å²) in [6.45, 7) is 2.75. The minimum atomic E-state index is -0.336. The average molecular weight is 278 g/mol. The SMILES string of the molecule is O=C1CN(CCCC(=O)c2ccc(F)cc2)CCCN1. The molecule has 1 aliphatic heterocycles. The minimum Gasteiger partial charge on any atom is -0.355 e. The summed E-state index contributed by atoms with van der Waals surface area (Å²) in [7, 11) is 0. The van der Waals surface area contributed by atoms with Gasteiger partial charge in [-0.05, 0) is 43.7 Å². The number of nitrogens with zero attached hydrogens (tertiary/aromatic N) is 1. The Hall–Kier alpha value is -1.75. The van der Waals surface area contributed by atoms with Crippen molar-refractivity contribution in [1.82, 2.24) is 10.2 Å². The van der Waals surface area contributed by atoms with E-state index in [9.17, 15) is 14.0 Å². The molecule has 1 aromatic rings. The van der Waals surface area contributed by atoms with Crippen LogP contribution in [0.3, 0.4) is 0 Å². The quantitative estimate of drug-likeness (QED) is 0.833. The fourth-order valence-electron chi connectivity index (χ4n) is 2.30. The third-order valence-corrected chi connectivity index (χ3v) is 3.38. The van der Waals surface area contributed by atoms with Crippen molar-refractivity contribution in [2.24, 2.45) is 0 Å². The van der Waals surface area contributed by atoms with E-state index in [0.29, 0.717) is 24.9 Å². The number of halogens is 1. The number of benzene rings is 1. The molecule has 4 nitrogen and oxygen atoms in total. The molecule has 0 aromatic heterocycles. The number of rotatable bonds is 5. The normalized spacial score (nSPS) is 16.6. The van der Waals surface area contributed by atoms with Gasteiger partial charge in [0, 0.05) is 25.1 Å². The van der Waals surface area contributed by atoms with Crippen molar-refractivity contribution in [3.63, 3.8) is 0 Å². The molecule has 0 spiro atoms. The van der Waals surface area contributed by atoms with Gasteiger partial charge in [0.25, 0.3) is 0 Å². The molecular weight excluding hydrogens is 259 g/mol. The van der Waals surface area contributed by atoms with Crippen LogP contribution in [0.2, 0.25) is 0 Å². The summed E-state index contributed by atoms with van der Waals surface area (Å²) >= 11 is 0. The first-order chi connectivity index (χ1) is 9.65. The number of hydrogen-bond donors (Lipinski definition) is 1. The maximum Gasteiger partial charge on any atom is 0.234 e. The molecule has 108 valence electrons. The molecule has 0 radical (unpaired) electrons. The van der Waals surface area contributed by atoms with Crippen LogP contribution in [0.25, 0.3) is 0 Å². The average Bonchev–Trinajstić information content (AvgIpc) is 2.64. The van der Waals surface area contributed by atoms with Crippen LogP contribution in [0.4, 0.5) is 4.39 Å². The zero-order valence-corrected chi connectivity index (χ0v) is 11.4. The lowest BCUT2D eigenvalue weighted by Gasteiger charge is -2.17. The number of ketones is 1. The molecule has 1 N–H and O–H groups in total. The van der Waals surface area contributed by atoms with E-state index in [2.05, 4.69) is 10.2 Å². The van der Waals surface area contributed by atoms with Gasteiger partial charge in [-0.3, -0.25) is 14.5 Å². The molecule has 20 heavy (non-hydrogen) atoms. The third kappa shape index (κ3) is 4.42. The summed E-state index contributed by atoms with van der Waals surface area (Å²) in [6.07, 6.45) is 2.07. The third-order valence-electron chi connectivity index (χ3n) is 3.38. The molecule has 0 saturated carbocycles. The molecule has 1 saturated heterocycles. The fraction of sp³-hybridized carbons (Fsp3) is 0.467. The van der Waals surface area contributed by atoms with Gasteiger partial charge < -0.3 is 5.32 Å². The van der Waals surface area contributed by atoms with Crippen molar-refractivity contribution in [3.05, 3.63) is 35.6 Å². The monoisotopic (exact) mass is 278 g/mol. The zero-order valence-electron chi connectivity index (χ0n) is 11.4. The minimum absolute atomic E-state index is 0.0178. The largest absolute Gasteiger partial charge is 0.355 e. The second-order valence-electron chi connectivity index (χ2n) is 5.01. The van der Waals surface area contributed by atoms with Gasteiger partial charge in [-0.15, -0.1) is 0 Å². The van der Waals surface area contributed by atoms with Gasteiger partial charge >= 0.3 is 0 Å². The highest BCUT2D eigenvalue weighted by Crippen LogP contribution is 2.08. The van der Waals surface area contributed by atoms with E-state index < -0.39 is 0 Å². The summed E-state index contributed by atoms with van der Waals surface area (Å²) in [4.78, 5) is 25.4. The standard InChI is InChI=1S/C15H19FN2O2/c16-13-6-4-12(5-7-13)14(19)3-1-9-18-10-2-8-17-15(20)11-18/h4-7H,1-3,8-11H2,(H,17,20). The Morgan fingerprint density at radius 1 is 1.30 bits per heavy atom. The van der Waals surface area contributed by atoms with Crippen LogP contribution in [0.5, 0.6) is 0 Å². The van der Waals surface area contributed by atoms with Crippen molar-refractivity contribution in [1.29, 1.82) is 0 Å². The molecule has 0 bridgehead atoms. The van der Waals surface area contributed by atoms with Gasteiger partial charge in [-0.25, -0.2) is 4.39 Å². The van der Waals surface area contributed by atoms with Crippen molar-refractivity contribution >= 4 is 11.7 Å². The molecular formula is C15H19FN2O2. The van der Waals surface area contributed by atoms with E-state index in [-0.39, 0.29) is 17.5 Å². The van der Waals surface area contributed by atoms with Crippen LogP contribution in [0.1, 0.15) is 29.6 Å². The predicted molar refractivity (Wildman–Crippen MR) is 74.0 cm³/mol. The molecule has 0 unspecified atom stereocenters. The van der Waals surface area contributed by atoms with Crippen LogP contribution in [0, 0.1) is 5.82 Å². The van der Waals surface area contributed by atoms with E-state index in [0.717, 1.165) is 26.1 Å². The highest BCUT2D eigenvalue weighted by Gasteiger charge is 2.14. The van der Waals surface area contributed by atoms with Crippen LogP contribution in [0.15, 0.2) is 24.3 Å². The predicted octanol–water partition coefficient (Wildman–Crippen LogP) is 1.61. The van der Waals surface area contributed by atoms with Crippen LogP contribution in [-0.2, 0) is 4.79 Å². The van der Waals surface area contributed by atoms with Crippen LogP contribution in [-0.4, -0.2) is 42.8 Å². The van der Waals surface area contributed by atoms with Crippen molar-refractivity contribution < 1.29 is 14.0 Å². The van der Waals surface area contributed by atoms with E-state index >= 15 is 0 Å². The Bertz CT molecular complexity index is 473. The van der Waals surface area contributed by atoms with E-state index in [1.54, 1.807) is 0 Å². The summed E-state index contributed by atoms with van der Waals surface area (Å²) < 4.78 is 12.8. The Balaban J connectivity index is 1.76. The molecule has 1 fully saturated rings. The molecule has 0 aliphatic carbocycles. The molecule has 1 aromatic carbocycles. The van der Waals surface area contributed by atoms with Gasteiger partial charge in [0.05, 0.1) is 6.54 Å². The van der Waals surface area contributed by atoms with Crippen molar-refractivity contribution in [2.75, 3.05) is 26.2 Å². The van der Waals surface area contributed by atoms with Crippen LogP contribution < -0.4 is 5.32 Å².